The first-order valence-electron chi connectivity index (χ1n) is 10.0. The van der Waals surface area contributed by atoms with Crippen LogP contribution in [0.2, 0.25) is 5.02 Å². The van der Waals surface area contributed by atoms with Gasteiger partial charge in [0.25, 0.3) is 0 Å². The molecule has 1 aromatic heterocycles. The summed E-state index contributed by atoms with van der Waals surface area (Å²) in [5, 5.41) is 4.91. The Bertz CT molecular complexity index is 1130. The van der Waals surface area contributed by atoms with E-state index in [-0.39, 0.29) is 6.03 Å². The zero-order valence-corrected chi connectivity index (χ0v) is 17.6. The molecule has 0 aliphatic carbocycles. The highest BCUT2D eigenvalue weighted by molar-refractivity contribution is 6.30. The fraction of sp³-hybridized carbons (Fsp3) is 0.160. The Morgan fingerprint density at radius 1 is 1.00 bits per heavy atom. The summed E-state index contributed by atoms with van der Waals surface area (Å²) >= 11 is 6.02. The Balaban J connectivity index is 1.51. The van der Waals surface area contributed by atoms with E-state index < -0.39 is 0 Å². The van der Waals surface area contributed by atoms with Crippen molar-refractivity contribution >= 4 is 34.2 Å². The minimum Gasteiger partial charge on any atom is -0.361 e. The molecule has 2 amide bonds. The standard InChI is InChI=1S/C25H24ClN3O/c1-18-6-12-22(13-7-18)28-25(30)29(17-19-8-10-21(26)11-9-19)15-14-20-16-27-24-5-3-2-4-23(20)24/h2-13,16,27H,14-15,17H2,1H3,(H,28,30). The van der Waals surface area contributed by atoms with Crippen LogP contribution < -0.4 is 5.32 Å². The van der Waals surface area contributed by atoms with E-state index in [1.165, 1.54) is 10.9 Å². The molecule has 5 heteroatoms. The number of nitrogens with zero attached hydrogens (tertiary/aromatic N) is 1. The first kappa shape index (κ1) is 20.0. The SMILES string of the molecule is Cc1ccc(NC(=O)N(CCc2c[nH]c3ccccc23)Cc2ccc(Cl)cc2)cc1. The molecule has 1 heterocycles. The van der Waals surface area contributed by atoms with Crippen molar-refractivity contribution in [1.29, 1.82) is 0 Å². The Kier molecular flexibility index (Phi) is 6.05. The molecule has 0 radical (unpaired) electrons. The fourth-order valence-electron chi connectivity index (χ4n) is 3.50. The van der Waals surface area contributed by atoms with Gasteiger partial charge in [-0.1, -0.05) is 59.6 Å². The molecule has 0 fully saturated rings. The normalized spacial score (nSPS) is 10.9. The molecule has 152 valence electrons. The van der Waals surface area contributed by atoms with Crippen LogP contribution in [0.15, 0.2) is 79.0 Å². The number of anilines is 1. The molecule has 2 N–H and O–H groups in total. The average Bonchev–Trinajstić information content (AvgIpc) is 3.17. The van der Waals surface area contributed by atoms with Crippen molar-refractivity contribution in [2.75, 3.05) is 11.9 Å². The number of aryl methyl sites for hydroxylation is 1. The lowest BCUT2D eigenvalue weighted by molar-refractivity contribution is 0.210. The van der Waals surface area contributed by atoms with E-state index in [4.69, 9.17) is 11.6 Å². The monoisotopic (exact) mass is 417 g/mol. The lowest BCUT2D eigenvalue weighted by atomic mass is 10.1. The summed E-state index contributed by atoms with van der Waals surface area (Å²) in [6.07, 6.45) is 2.79. The second-order valence-corrected chi connectivity index (χ2v) is 7.89. The molecule has 4 nitrogen and oxygen atoms in total. The van der Waals surface area contributed by atoms with Gasteiger partial charge in [0.1, 0.15) is 0 Å². The number of para-hydroxylation sites is 1. The van der Waals surface area contributed by atoms with Crippen LogP contribution in [0.3, 0.4) is 0 Å². The first-order valence-corrected chi connectivity index (χ1v) is 10.4. The number of aromatic amines is 1. The highest BCUT2D eigenvalue weighted by atomic mass is 35.5. The van der Waals surface area contributed by atoms with Crippen LogP contribution in [-0.4, -0.2) is 22.5 Å². The van der Waals surface area contributed by atoms with Crippen molar-refractivity contribution in [3.8, 4) is 0 Å². The van der Waals surface area contributed by atoms with Crippen molar-refractivity contribution in [3.63, 3.8) is 0 Å². The minimum absolute atomic E-state index is 0.117. The predicted molar refractivity (Wildman–Crippen MR) is 124 cm³/mol. The minimum atomic E-state index is -0.117. The molecular weight excluding hydrogens is 394 g/mol. The number of carbonyl (C=O) groups excluding carboxylic acids is 1. The summed E-state index contributed by atoms with van der Waals surface area (Å²) in [5.41, 5.74) is 5.30. The molecule has 4 rings (SSSR count). The number of hydrogen-bond acceptors (Lipinski definition) is 1. The third-order valence-corrected chi connectivity index (χ3v) is 5.45. The van der Waals surface area contributed by atoms with Crippen molar-refractivity contribution in [3.05, 3.63) is 101 Å². The molecule has 3 aromatic carbocycles. The van der Waals surface area contributed by atoms with Crippen LogP contribution in [0.4, 0.5) is 10.5 Å². The van der Waals surface area contributed by atoms with E-state index in [9.17, 15) is 4.79 Å². The zero-order valence-electron chi connectivity index (χ0n) is 16.9. The second kappa shape index (κ2) is 9.06. The van der Waals surface area contributed by atoms with E-state index in [1.54, 1.807) is 0 Å². The van der Waals surface area contributed by atoms with Crippen LogP contribution in [0, 0.1) is 6.92 Å². The largest absolute Gasteiger partial charge is 0.361 e. The van der Waals surface area contributed by atoms with Gasteiger partial charge in [0.15, 0.2) is 0 Å². The molecule has 0 saturated heterocycles. The molecule has 0 bridgehead atoms. The number of amides is 2. The third-order valence-electron chi connectivity index (χ3n) is 5.20. The number of halogens is 1. The van der Waals surface area contributed by atoms with Gasteiger partial charge in [-0.25, -0.2) is 4.79 Å². The molecule has 30 heavy (non-hydrogen) atoms. The summed E-state index contributed by atoms with van der Waals surface area (Å²) in [6.45, 7) is 3.14. The van der Waals surface area contributed by atoms with Gasteiger partial charge in [0, 0.05) is 40.9 Å². The van der Waals surface area contributed by atoms with Crippen molar-refractivity contribution < 1.29 is 4.79 Å². The molecule has 4 aromatic rings. The highest BCUT2D eigenvalue weighted by Gasteiger charge is 2.15. The third kappa shape index (κ3) is 4.84. The van der Waals surface area contributed by atoms with Gasteiger partial charge in [-0.05, 0) is 54.8 Å². The van der Waals surface area contributed by atoms with E-state index in [2.05, 4.69) is 22.4 Å². The number of hydrogen-bond donors (Lipinski definition) is 2. The van der Waals surface area contributed by atoms with Gasteiger partial charge in [0.05, 0.1) is 0 Å². The number of carbonyl (C=O) groups is 1. The van der Waals surface area contributed by atoms with Crippen LogP contribution in [-0.2, 0) is 13.0 Å². The van der Waals surface area contributed by atoms with E-state index >= 15 is 0 Å². The Hall–Kier alpha value is -3.24. The van der Waals surface area contributed by atoms with Gasteiger partial charge >= 0.3 is 6.03 Å². The van der Waals surface area contributed by atoms with Gasteiger partial charge in [-0.2, -0.15) is 0 Å². The maximum Gasteiger partial charge on any atom is 0.322 e. The van der Waals surface area contributed by atoms with Gasteiger partial charge < -0.3 is 15.2 Å². The number of aromatic nitrogens is 1. The molecule has 0 saturated carbocycles. The number of benzene rings is 3. The lowest BCUT2D eigenvalue weighted by Crippen LogP contribution is -2.36. The molecule has 0 aliphatic rings. The molecule has 0 spiro atoms. The van der Waals surface area contributed by atoms with Crippen LogP contribution in [0.1, 0.15) is 16.7 Å². The number of urea groups is 1. The molecule has 0 aliphatic heterocycles. The van der Waals surface area contributed by atoms with Gasteiger partial charge in [-0.3, -0.25) is 0 Å². The lowest BCUT2D eigenvalue weighted by Gasteiger charge is -2.23. The summed E-state index contributed by atoms with van der Waals surface area (Å²) in [7, 11) is 0. The summed E-state index contributed by atoms with van der Waals surface area (Å²) in [6, 6.07) is 23.6. The predicted octanol–water partition coefficient (Wildman–Crippen LogP) is 6.41. The van der Waals surface area contributed by atoms with E-state index in [0.717, 1.165) is 28.8 Å². The summed E-state index contributed by atoms with van der Waals surface area (Å²) < 4.78 is 0. The molecular formula is C25H24ClN3O. The number of fused-ring (bicyclic) bond motifs is 1. The van der Waals surface area contributed by atoms with Crippen molar-refractivity contribution in [2.45, 2.75) is 19.9 Å². The Labute approximate surface area is 181 Å². The second-order valence-electron chi connectivity index (χ2n) is 7.45. The smallest absolute Gasteiger partial charge is 0.322 e. The summed E-state index contributed by atoms with van der Waals surface area (Å²) in [4.78, 5) is 18.2. The quantitative estimate of drug-likeness (QED) is 0.374. The molecule has 0 atom stereocenters. The molecule has 0 unspecified atom stereocenters. The van der Waals surface area contributed by atoms with Crippen LogP contribution in [0.5, 0.6) is 0 Å². The number of nitrogens with one attached hydrogen (secondary N) is 2. The number of H-pyrrole nitrogens is 1. The van der Waals surface area contributed by atoms with Crippen molar-refractivity contribution in [2.24, 2.45) is 0 Å². The summed E-state index contributed by atoms with van der Waals surface area (Å²) in [5.74, 6) is 0. The Morgan fingerprint density at radius 3 is 2.50 bits per heavy atom. The van der Waals surface area contributed by atoms with Crippen molar-refractivity contribution in [1.82, 2.24) is 9.88 Å². The first-order chi connectivity index (χ1) is 14.6. The van der Waals surface area contributed by atoms with Gasteiger partial charge in [0.2, 0.25) is 0 Å². The van der Waals surface area contributed by atoms with Crippen LogP contribution >= 0.6 is 11.6 Å². The average molecular weight is 418 g/mol. The van der Waals surface area contributed by atoms with E-state index in [0.29, 0.717) is 18.1 Å². The topological polar surface area (TPSA) is 48.1 Å². The van der Waals surface area contributed by atoms with Crippen LogP contribution in [0.25, 0.3) is 10.9 Å². The van der Waals surface area contributed by atoms with Gasteiger partial charge in [-0.15, -0.1) is 0 Å². The Morgan fingerprint density at radius 2 is 1.73 bits per heavy atom. The highest BCUT2D eigenvalue weighted by Crippen LogP contribution is 2.20. The maximum atomic E-state index is 13.1. The maximum absolute atomic E-state index is 13.1. The zero-order chi connectivity index (χ0) is 20.9. The fourth-order valence-corrected chi connectivity index (χ4v) is 3.62. The van der Waals surface area contributed by atoms with E-state index in [1.807, 2.05) is 78.7 Å². The number of rotatable bonds is 6.